The second kappa shape index (κ2) is 9.36. The maximum absolute atomic E-state index is 12.5. The number of benzene rings is 1. The lowest BCUT2D eigenvalue weighted by Crippen LogP contribution is -2.50. The predicted molar refractivity (Wildman–Crippen MR) is 94.6 cm³/mol. The number of carbonyl (C=O) groups excluding carboxylic acids is 1. The number of rotatable bonds is 8. The van der Waals surface area contributed by atoms with Crippen LogP contribution in [0.25, 0.3) is 0 Å². The number of nitrogens with one attached hydrogen (secondary N) is 1. The third kappa shape index (κ3) is 5.44. The van der Waals surface area contributed by atoms with Gasteiger partial charge in [-0.3, -0.25) is 9.69 Å². The summed E-state index contributed by atoms with van der Waals surface area (Å²) in [5, 5.41) is 2.86. The lowest BCUT2D eigenvalue weighted by Gasteiger charge is -2.33. The first-order valence-corrected chi connectivity index (χ1v) is 10.1. The highest BCUT2D eigenvalue weighted by Gasteiger charge is 2.27. The van der Waals surface area contributed by atoms with Crippen molar-refractivity contribution < 1.29 is 13.2 Å². The predicted octanol–water partition coefficient (Wildman–Crippen LogP) is 1.13. The van der Waals surface area contributed by atoms with Crippen LogP contribution >= 0.6 is 11.6 Å². The fraction of sp³-hybridized carbons (Fsp3) is 0.562. The lowest BCUT2D eigenvalue weighted by molar-refractivity contribution is -0.121. The van der Waals surface area contributed by atoms with Gasteiger partial charge in [0.25, 0.3) is 0 Å². The number of piperazine rings is 1. The van der Waals surface area contributed by atoms with E-state index in [-0.39, 0.29) is 5.91 Å². The van der Waals surface area contributed by atoms with E-state index in [1.165, 1.54) is 4.31 Å². The third-order valence-corrected chi connectivity index (χ3v) is 6.18. The molecule has 2 rings (SSSR count). The van der Waals surface area contributed by atoms with E-state index in [0.29, 0.717) is 56.3 Å². The minimum atomic E-state index is -3.41. The number of halogens is 1. The molecule has 0 aromatic heterocycles. The van der Waals surface area contributed by atoms with Crippen LogP contribution in [0.1, 0.15) is 12.8 Å². The van der Waals surface area contributed by atoms with Crippen molar-refractivity contribution in [3.8, 4) is 0 Å². The largest absolute Gasteiger partial charge is 0.355 e. The van der Waals surface area contributed by atoms with E-state index in [1.54, 1.807) is 30.3 Å². The summed E-state index contributed by atoms with van der Waals surface area (Å²) in [6, 6.07) is 8.51. The molecule has 6 nitrogen and oxygen atoms in total. The van der Waals surface area contributed by atoms with Crippen LogP contribution in [-0.2, 0) is 14.8 Å². The molecule has 0 spiro atoms. The molecular formula is C16H24ClN3O3S. The van der Waals surface area contributed by atoms with Crippen LogP contribution < -0.4 is 5.32 Å². The Morgan fingerprint density at radius 1 is 1.12 bits per heavy atom. The minimum absolute atomic E-state index is 0.0148. The van der Waals surface area contributed by atoms with E-state index in [2.05, 4.69) is 10.2 Å². The smallest absolute Gasteiger partial charge is 0.243 e. The number of alkyl halides is 1. The molecule has 1 aromatic rings. The van der Waals surface area contributed by atoms with E-state index in [9.17, 15) is 13.2 Å². The molecule has 1 aliphatic heterocycles. The standard InChI is InChI=1S/C16H24ClN3O3S/c17-8-4-7-16(21)18-9-10-19-11-13-20(14-12-19)24(22,23)15-5-2-1-3-6-15/h1-3,5-6H,4,7-14H2,(H,18,21). The first kappa shape index (κ1) is 19.2. The van der Waals surface area contributed by atoms with Crippen molar-refractivity contribution in [3.05, 3.63) is 30.3 Å². The van der Waals surface area contributed by atoms with Gasteiger partial charge >= 0.3 is 0 Å². The van der Waals surface area contributed by atoms with Crippen LogP contribution in [0.15, 0.2) is 35.2 Å². The molecule has 1 fully saturated rings. The summed E-state index contributed by atoms with van der Waals surface area (Å²) >= 11 is 5.55. The minimum Gasteiger partial charge on any atom is -0.355 e. The molecule has 0 radical (unpaired) electrons. The first-order chi connectivity index (χ1) is 11.5. The van der Waals surface area contributed by atoms with E-state index in [4.69, 9.17) is 11.6 Å². The summed E-state index contributed by atoms with van der Waals surface area (Å²) in [4.78, 5) is 14.0. The van der Waals surface area contributed by atoms with Gasteiger partial charge in [0.15, 0.2) is 0 Å². The monoisotopic (exact) mass is 373 g/mol. The first-order valence-electron chi connectivity index (χ1n) is 8.14. The molecule has 0 atom stereocenters. The van der Waals surface area contributed by atoms with Crippen molar-refractivity contribution in [2.75, 3.05) is 45.1 Å². The van der Waals surface area contributed by atoms with Gasteiger partial charge in [-0.1, -0.05) is 18.2 Å². The zero-order valence-corrected chi connectivity index (χ0v) is 15.2. The Kier molecular flexibility index (Phi) is 7.48. The molecule has 0 saturated carbocycles. The highest BCUT2D eigenvalue weighted by Crippen LogP contribution is 2.16. The Morgan fingerprint density at radius 3 is 2.42 bits per heavy atom. The highest BCUT2D eigenvalue weighted by atomic mass is 35.5. The average molecular weight is 374 g/mol. The molecule has 0 bridgehead atoms. The second-order valence-electron chi connectivity index (χ2n) is 5.70. The Morgan fingerprint density at radius 2 is 1.79 bits per heavy atom. The SMILES string of the molecule is O=C(CCCCl)NCCN1CCN(S(=O)(=O)c2ccccc2)CC1. The molecule has 1 saturated heterocycles. The molecular weight excluding hydrogens is 350 g/mol. The maximum atomic E-state index is 12.5. The van der Waals surface area contributed by atoms with Crippen LogP contribution in [0.3, 0.4) is 0 Å². The molecule has 1 aromatic carbocycles. The summed E-state index contributed by atoms with van der Waals surface area (Å²) in [6.45, 7) is 3.58. The molecule has 134 valence electrons. The van der Waals surface area contributed by atoms with Crippen molar-refractivity contribution in [1.29, 1.82) is 0 Å². The molecule has 1 N–H and O–H groups in total. The fourth-order valence-electron chi connectivity index (χ4n) is 2.60. The van der Waals surface area contributed by atoms with Crippen molar-refractivity contribution in [2.24, 2.45) is 0 Å². The summed E-state index contributed by atoms with van der Waals surface area (Å²) < 4.78 is 26.6. The van der Waals surface area contributed by atoms with Gasteiger partial charge in [0, 0.05) is 51.6 Å². The molecule has 0 aliphatic carbocycles. The molecule has 8 heteroatoms. The number of hydrogen-bond acceptors (Lipinski definition) is 4. The number of amides is 1. The fourth-order valence-corrected chi connectivity index (χ4v) is 4.18. The van der Waals surface area contributed by atoms with Gasteiger partial charge in [0.2, 0.25) is 15.9 Å². The van der Waals surface area contributed by atoms with E-state index in [1.807, 2.05) is 0 Å². The molecule has 24 heavy (non-hydrogen) atoms. The van der Waals surface area contributed by atoms with E-state index < -0.39 is 10.0 Å². The van der Waals surface area contributed by atoms with Gasteiger partial charge in [0.05, 0.1) is 4.90 Å². The van der Waals surface area contributed by atoms with Crippen LogP contribution in [0.4, 0.5) is 0 Å². The third-order valence-electron chi connectivity index (χ3n) is 4.00. The van der Waals surface area contributed by atoms with E-state index in [0.717, 1.165) is 6.54 Å². The quantitative estimate of drug-likeness (QED) is 0.693. The molecule has 1 aliphatic rings. The van der Waals surface area contributed by atoms with Crippen LogP contribution in [0.5, 0.6) is 0 Å². The van der Waals surface area contributed by atoms with Crippen molar-refractivity contribution >= 4 is 27.5 Å². The van der Waals surface area contributed by atoms with Crippen molar-refractivity contribution in [1.82, 2.24) is 14.5 Å². The highest BCUT2D eigenvalue weighted by molar-refractivity contribution is 7.89. The van der Waals surface area contributed by atoms with Gasteiger partial charge in [0.1, 0.15) is 0 Å². The summed E-state index contributed by atoms with van der Waals surface area (Å²) in [5.74, 6) is 0.506. The Balaban J connectivity index is 1.75. The Hall–Kier alpha value is -1.15. The number of carbonyl (C=O) groups is 1. The Labute approximate surface area is 148 Å². The number of hydrogen-bond donors (Lipinski definition) is 1. The average Bonchev–Trinajstić information content (AvgIpc) is 2.61. The molecule has 1 amide bonds. The van der Waals surface area contributed by atoms with Crippen molar-refractivity contribution in [2.45, 2.75) is 17.7 Å². The van der Waals surface area contributed by atoms with Crippen LogP contribution in [0.2, 0.25) is 0 Å². The van der Waals surface area contributed by atoms with Crippen molar-refractivity contribution in [3.63, 3.8) is 0 Å². The molecule has 1 heterocycles. The zero-order chi connectivity index (χ0) is 17.4. The topological polar surface area (TPSA) is 69.7 Å². The normalized spacial score (nSPS) is 16.9. The van der Waals surface area contributed by atoms with Gasteiger partial charge in [-0.25, -0.2) is 8.42 Å². The summed E-state index contributed by atoms with van der Waals surface area (Å²) in [7, 11) is -3.41. The van der Waals surface area contributed by atoms with Crippen LogP contribution in [0, 0.1) is 0 Å². The van der Waals surface area contributed by atoms with Gasteiger partial charge in [-0.15, -0.1) is 11.6 Å². The maximum Gasteiger partial charge on any atom is 0.243 e. The van der Waals surface area contributed by atoms with Gasteiger partial charge < -0.3 is 5.32 Å². The number of nitrogens with zero attached hydrogens (tertiary/aromatic N) is 2. The van der Waals surface area contributed by atoms with Gasteiger partial charge in [-0.05, 0) is 18.6 Å². The Bertz CT molecular complexity index is 617. The summed E-state index contributed by atoms with van der Waals surface area (Å²) in [6.07, 6.45) is 1.13. The van der Waals surface area contributed by atoms with Gasteiger partial charge in [-0.2, -0.15) is 4.31 Å². The summed E-state index contributed by atoms with van der Waals surface area (Å²) in [5.41, 5.74) is 0. The van der Waals surface area contributed by atoms with E-state index >= 15 is 0 Å². The lowest BCUT2D eigenvalue weighted by atomic mass is 10.3. The number of sulfonamides is 1. The zero-order valence-electron chi connectivity index (χ0n) is 13.7. The van der Waals surface area contributed by atoms with Crippen LogP contribution in [-0.4, -0.2) is 68.7 Å². The second-order valence-corrected chi connectivity index (χ2v) is 8.02. The molecule has 0 unspecified atom stereocenters.